The maximum atomic E-state index is 7.85. The lowest BCUT2D eigenvalue weighted by Gasteiger charge is -2.27. The summed E-state index contributed by atoms with van der Waals surface area (Å²) in [5.74, 6) is 1.30. The molecule has 0 N–H and O–H groups in total. The van der Waals surface area contributed by atoms with Gasteiger partial charge in [-0.25, -0.2) is 0 Å². The number of halogens is 1. The highest BCUT2D eigenvalue weighted by Crippen LogP contribution is 2.53. The van der Waals surface area contributed by atoms with Crippen molar-refractivity contribution in [2.24, 2.45) is 0 Å². The molecule has 0 amide bonds. The third-order valence-electron chi connectivity index (χ3n) is 8.89. The van der Waals surface area contributed by atoms with Crippen LogP contribution in [0.1, 0.15) is 101 Å². The molecular weight excluding hydrogens is 575 g/mol. The van der Waals surface area contributed by atoms with Crippen LogP contribution in [0, 0.1) is 6.33 Å². The molecule has 0 saturated carbocycles. The number of hydrogen-bond acceptors (Lipinski definition) is 0. The average Bonchev–Trinajstić information content (AvgIpc) is 3.37. The van der Waals surface area contributed by atoms with Gasteiger partial charge in [0.15, 0.2) is 5.15 Å². The number of hydrogen-bond donors (Lipinski definition) is 0. The molecule has 0 aliphatic carbocycles. The Labute approximate surface area is 271 Å². The van der Waals surface area contributed by atoms with Crippen LogP contribution in [0.4, 0.5) is 0 Å². The molecule has 0 unspecified atom stereocenters. The highest BCUT2D eigenvalue weighted by molar-refractivity contribution is 7.94. The van der Waals surface area contributed by atoms with Crippen molar-refractivity contribution in [1.29, 1.82) is 0 Å². The number of aromatic nitrogens is 2. The third kappa shape index (κ3) is 5.68. The first-order valence-corrected chi connectivity index (χ1v) is 18.6. The smallest absolute Gasteiger partial charge is 0.273 e. The summed E-state index contributed by atoms with van der Waals surface area (Å²) in [4.78, 5) is 0. The average molecular weight is 622 g/mol. The van der Waals surface area contributed by atoms with Crippen molar-refractivity contribution in [3.05, 3.63) is 131 Å². The van der Waals surface area contributed by atoms with E-state index in [0.29, 0.717) is 23.7 Å². The summed E-state index contributed by atoms with van der Waals surface area (Å²) in [5.41, 5.74) is 8.66. The zero-order valence-electron chi connectivity index (χ0n) is 27.8. The van der Waals surface area contributed by atoms with Gasteiger partial charge in [0.2, 0.25) is 5.44 Å². The summed E-state index contributed by atoms with van der Waals surface area (Å²) in [5, 5.41) is 3.32. The van der Waals surface area contributed by atoms with Crippen LogP contribution in [0.5, 0.6) is 0 Å². The topological polar surface area (TPSA) is 8.81 Å². The summed E-state index contributed by atoms with van der Waals surface area (Å²) in [6, 6.07) is 35.4. The van der Waals surface area contributed by atoms with Gasteiger partial charge in [0.05, 0.1) is 18.0 Å². The Hall–Kier alpha value is -3.19. The van der Waals surface area contributed by atoms with Crippen LogP contribution in [0.3, 0.4) is 0 Å². The van der Waals surface area contributed by atoms with E-state index < -0.39 is 7.26 Å². The number of rotatable bonds is 9. The molecule has 228 valence electrons. The van der Waals surface area contributed by atoms with Crippen molar-refractivity contribution in [1.82, 2.24) is 4.57 Å². The fourth-order valence-corrected chi connectivity index (χ4v) is 10.5. The predicted octanol–water partition coefficient (Wildman–Crippen LogP) is 9.62. The molecule has 0 atom stereocenters. The fourth-order valence-electron chi connectivity index (χ4n) is 6.46. The van der Waals surface area contributed by atoms with Gasteiger partial charge in [0.1, 0.15) is 17.9 Å². The van der Waals surface area contributed by atoms with Crippen LogP contribution in [0.2, 0.25) is 5.15 Å². The SMILES string of the molecule is CC(C)c1cccc(C(C)C)c1-n1[c-][n+](-c2c(C(C)C)cccc2C(C)C)c([P+](C)(c2ccccc2)c2ccccc2)c1Cl. The van der Waals surface area contributed by atoms with Crippen LogP contribution in [0.25, 0.3) is 11.4 Å². The Kier molecular flexibility index (Phi) is 9.55. The predicted molar refractivity (Wildman–Crippen MR) is 192 cm³/mol. The van der Waals surface area contributed by atoms with Gasteiger partial charge >= 0.3 is 0 Å². The lowest BCUT2D eigenvalue weighted by Crippen LogP contribution is -2.51. The Morgan fingerprint density at radius 3 is 1.34 bits per heavy atom. The highest BCUT2D eigenvalue weighted by atomic mass is 35.5. The van der Waals surface area contributed by atoms with Gasteiger partial charge in [-0.1, -0.05) is 140 Å². The third-order valence-corrected chi connectivity index (χ3v) is 13.3. The minimum absolute atomic E-state index is 0.325. The van der Waals surface area contributed by atoms with Crippen molar-refractivity contribution in [2.75, 3.05) is 6.66 Å². The van der Waals surface area contributed by atoms with E-state index in [1.165, 1.54) is 38.6 Å². The first kappa shape index (κ1) is 32.2. The molecule has 1 aromatic heterocycles. The molecule has 1 heterocycles. The second kappa shape index (κ2) is 13.0. The maximum Gasteiger partial charge on any atom is 0.273 e. The Bertz CT molecular complexity index is 1640. The molecule has 0 aliphatic rings. The van der Waals surface area contributed by atoms with Crippen LogP contribution in [-0.4, -0.2) is 11.2 Å². The van der Waals surface area contributed by atoms with Crippen LogP contribution >= 0.6 is 18.9 Å². The van der Waals surface area contributed by atoms with Gasteiger partial charge in [-0.15, -0.1) is 0 Å². The van der Waals surface area contributed by atoms with Crippen molar-refractivity contribution >= 4 is 34.9 Å². The molecule has 0 bridgehead atoms. The summed E-state index contributed by atoms with van der Waals surface area (Å²) < 4.78 is 4.55. The minimum Gasteiger partial charge on any atom is -0.279 e. The number of benzene rings is 4. The Morgan fingerprint density at radius 1 is 0.568 bits per heavy atom. The lowest BCUT2D eigenvalue weighted by atomic mass is 9.92. The first-order valence-electron chi connectivity index (χ1n) is 16.0. The van der Waals surface area contributed by atoms with E-state index in [2.05, 4.69) is 175 Å². The van der Waals surface area contributed by atoms with Gasteiger partial charge < -0.3 is 0 Å². The van der Waals surface area contributed by atoms with Crippen molar-refractivity contribution < 1.29 is 4.57 Å². The van der Waals surface area contributed by atoms with E-state index in [-0.39, 0.29) is 0 Å². The van der Waals surface area contributed by atoms with Gasteiger partial charge in [-0.3, -0.25) is 9.13 Å². The lowest BCUT2D eigenvalue weighted by molar-refractivity contribution is -0.581. The van der Waals surface area contributed by atoms with E-state index in [1.807, 2.05) is 0 Å². The van der Waals surface area contributed by atoms with E-state index in [1.54, 1.807) is 0 Å². The molecule has 5 rings (SSSR count). The van der Waals surface area contributed by atoms with Crippen LogP contribution in [-0.2, 0) is 0 Å². The summed E-state index contributed by atoms with van der Waals surface area (Å²) >= 11 is 7.85. The number of nitrogens with zero attached hydrogens (tertiary/aromatic N) is 2. The molecule has 0 aliphatic heterocycles. The monoisotopic (exact) mass is 621 g/mol. The highest BCUT2D eigenvalue weighted by Gasteiger charge is 2.47. The maximum absolute atomic E-state index is 7.85. The van der Waals surface area contributed by atoms with Crippen LogP contribution in [0.15, 0.2) is 97.1 Å². The molecular formula is C40H47ClN2P+. The molecule has 0 saturated heterocycles. The molecule has 0 fully saturated rings. The van der Waals surface area contributed by atoms with Gasteiger partial charge in [0, 0.05) is 0 Å². The summed E-state index contributed by atoms with van der Waals surface area (Å²) in [6.45, 7) is 20.7. The van der Waals surface area contributed by atoms with E-state index >= 15 is 0 Å². The van der Waals surface area contributed by atoms with E-state index in [4.69, 9.17) is 11.6 Å². The molecule has 44 heavy (non-hydrogen) atoms. The molecule has 4 aromatic carbocycles. The fraction of sp³-hybridized carbons (Fsp3) is 0.325. The zero-order chi connectivity index (χ0) is 31.8. The van der Waals surface area contributed by atoms with Crippen molar-refractivity contribution in [3.63, 3.8) is 0 Å². The molecule has 2 nitrogen and oxygen atoms in total. The molecule has 0 spiro atoms. The Balaban J connectivity index is 2.02. The number of para-hydroxylation sites is 2. The van der Waals surface area contributed by atoms with Crippen LogP contribution < -0.4 is 20.6 Å². The second-order valence-electron chi connectivity index (χ2n) is 13.3. The van der Waals surface area contributed by atoms with Crippen molar-refractivity contribution in [3.8, 4) is 11.4 Å². The summed E-state index contributed by atoms with van der Waals surface area (Å²) in [7, 11) is -2.27. The molecule has 5 aromatic rings. The molecule has 4 heteroatoms. The number of imidazole rings is 1. The zero-order valence-corrected chi connectivity index (χ0v) is 29.4. The molecule has 0 radical (unpaired) electrons. The van der Waals surface area contributed by atoms with Crippen molar-refractivity contribution in [2.45, 2.75) is 79.1 Å². The summed E-state index contributed by atoms with van der Waals surface area (Å²) in [6.07, 6.45) is 3.94. The van der Waals surface area contributed by atoms with Gasteiger partial charge in [-0.2, -0.15) is 0 Å². The Morgan fingerprint density at radius 2 is 0.955 bits per heavy atom. The van der Waals surface area contributed by atoms with Gasteiger partial charge in [0.25, 0.3) is 6.33 Å². The normalized spacial score (nSPS) is 12.2. The standard InChI is InChI=1S/C40H47ClN2P/c1-27(2)33-22-16-23-34(28(3)4)37(33)42-26-43(38-35(29(5)6)24-17-25-36(38)30(7)8)40(39(42)41)44(9,31-18-12-10-13-19-31)32-20-14-11-15-21-32/h10-25,27-30H,1-9H3/q+1. The quantitative estimate of drug-likeness (QED) is 0.0880. The first-order chi connectivity index (χ1) is 21.0. The van der Waals surface area contributed by atoms with E-state index in [9.17, 15) is 0 Å². The second-order valence-corrected chi connectivity index (χ2v) is 17.1. The van der Waals surface area contributed by atoms with Gasteiger partial charge in [-0.05, 0) is 70.2 Å². The minimum atomic E-state index is -2.27. The largest absolute Gasteiger partial charge is 0.279 e. The van der Waals surface area contributed by atoms with E-state index in [0.717, 1.165) is 16.3 Å².